The average Bonchev–Trinajstić information content (AvgIpc) is 3.26. The first-order valence-corrected chi connectivity index (χ1v) is 10.2. The Kier molecular flexibility index (Phi) is 5.30. The van der Waals surface area contributed by atoms with Gasteiger partial charge in [0.2, 0.25) is 11.8 Å². The summed E-state index contributed by atoms with van der Waals surface area (Å²) >= 11 is 0. The Morgan fingerprint density at radius 3 is 2.83 bits per heavy atom. The first-order valence-electron chi connectivity index (χ1n) is 10.2. The molecule has 152 valence electrons. The molecule has 2 heterocycles. The highest BCUT2D eigenvalue weighted by molar-refractivity contribution is 6.07. The Morgan fingerprint density at radius 2 is 2.10 bits per heavy atom. The minimum atomic E-state index is -1.04. The summed E-state index contributed by atoms with van der Waals surface area (Å²) in [7, 11) is 0. The number of pyridine rings is 2. The molecule has 2 aliphatic rings. The van der Waals surface area contributed by atoms with Crippen LogP contribution in [0.1, 0.15) is 42.1 Å². The van der Waals surface area contributed by atoms with Crippen LogP contribution in [0.2, 0.25) is 0 Å². The van der Waals surface area contributed by atoms with Gasteiger partial charge in [0.15, 0.2) is 5.78 Å². The predicted octanol–water partition coefficient (Wildman–Crippen LogP) is 4.26. The number of ether oxygens (including phenoxy) is 2. The van der Waals surface area contributed by atoms with Crippen LogP contribution in [0.5, 0.6) is 11.8 Å². The van der Waals surface area contributed by atoms with Gasteiger partial charge in [-0.1, -0.05) is 6.07 Å². The van der Waals surface area contributed by atoms with Gasteiger partial charge in [0.1, 0.15) is 5.54 Å². The first kappa shape index (κ1) is 19.5. The molecule has 2 aromatic rings. The number of aryl methyl sites for hydroxylation is 1. The number of nitrogens with zero attached hydrogens (tertiary/aromatic N) is 3. The lowest BCUT2D eigenvalue weighted by Gasteiger charge is -2.29. The van der Waals surface area contributed by atoms with Crippen molar-refractivity contribution in [3.63, 3.8) is 0 Å². The fourth-order valence-electron chi connectivity index (χ4n) is 5.19. The molecular weight excluding hydrogens is 368 g/mol. The number of hydrogen-bond acceptors (Lipinski definition) is 7. The molecule has 4 rings (SSSR count). The van der Waals surface area contributed by atoms with Gasteiger partial charge in [-0.25, -0.2) is 15.5 Å². The second-order valence-corrected chi connectivity index (χ2v) is 7.86. The second kappa shape index (κ2) is 7.89. The number of hydrogen-bond donors (Lipinski definition) is 1. The largest absolute Gasteiger partial charge is 0.477 e. The van der Waals surface area contributed by atoms with Crippen LogP contribution < -0.4 is 9.47 Å². The quantitative estimate of drug-likeness (QED) is 0.533. The number of fused-ring (bicyclic) bond motifs is 2. The lowest BCUT2D eigenvalue weighted by atomic mass is 9.78. The standard InChI is InChI=1S/C22H26N4O3/c1-3-28-21-19(14(2)9-11-25-21)20(27)22(26-23)16-7-8-17(22)15(12-16)13-29-18-6-4-5-10-24-18/h4-6,9-11,15-17,23H,3,7-8,12-13H2,1-2H3. The number of carbonyl (C=O) groups excluding carboxylic acids is 1. The number of nitrogens with one attached hydrogen (secondary N) is 1. The van der Waals surface area contributed by atoms with Gasteiger partial charge in [-0.2, -0.15) is 5.11 Å². The van der Waals surface area contributed by atoms with Crippen molar-refractivity contribution in [2.75, 3.05) is 13.2 Å². The topological polar surface area (TPSA) is 97.5 Å². The molecule has 7 heteroatoms. The summed E-state index contributed by atoms with van der Waals surface area (Å²) in [5.41, 5.74) is 8.28. The Bertz CT molecular complexity index is 904. The molecule has 0 aromatic carbocycles. The van der Waals surface area contributed by atoms with E-state index in [0.29, 0.717) is 30.5 Å². The van der Waals surface area contributed by atoms with E-state index in [1.165, 1.54) is 0 Å². The van der Waals surface area contributed by atoms with Gasteiger partial charge < -0.3 is 9.47 Å². The molecule has 29 heavy (non-hydrogen) atoms. The predicted molar refractivity (Wildman–Crippen MR) is 106 cm³/mol. The van der Waals surface area contributed by atoms with Gasteiger partial charge in [0.05, 0.1) is 18.8 Å². The summed E-state index contributed by atoms with van der Waals surface area (Å²) in [4.78, 5) is 22.3. The highest BCUT2D eigenvalue weighted by Gasteiger charge is 2.64. The molecule has 2 saturated carbocycles. The van der Waals surface area contributed by atoms with E-state index in [9.17, 15) is 4.79 Å². The van der Waals surface area contributed by atoms with Crippen LogP contribution in [0, 0.1) is 30.2 Å². The van der Waals surface area contributed by atoms with Crippen LogP contribution in [0.15, 0.2) is 41.8 Å². The van der Waals surface area contributed by atoms with Crippen LogP contribution in [0.3, 0.4) is 0 Å². The maximum Gasteiger partial charge on any atom is 0.224 e. The number of aromatic nitrogens is 2. The summed E-state index contributed by atoms with van der Waals surface area (Å²) in [5, 5.41) is 4.01. The number of ketones is 1. The summed E-state index contributed by atoms with van der Waals surface area (Å²) in [5.74, 6) is 0.986. The molecule has 2 fully saturated rings. The molecule has 2 aliphatic carbocycles. The highest BCUT2D eigenvalue weighted by atomic mass is 16.5. The maximum absolute atomic E-state index is 13.8. The molecule has 0 spiro atoms. The van der Waals surface area contributed by atoms with Gasteiger partial charge in [-0.3, -0.25) is 4.79 Å². The van der Waals surface area contributed by atoms with Gasteiger partial charge >= 0.3 is 0 Å². The molecule has 2 aromatic heterocycles. The third-order valence-corrected chi connectivity index (χ3v) is 6.43. The lowest BCUT2D eigenvalue weighted by molar-refractivity contribution is 0.0810. The zero-order chi connectivity index (χ0) is 20.4. The van der Waals surface area contributed by atoms with Crippen LogP contribution in [0.4, 0.5) is 0 Å². The van der Waals surface area contributed by atoms with Crippen molar-refractivity contribution in [3.05, 3.63) is 47.8 Å². The van der Waals surface area contributed by atoms with Gasteiger partial charge in [0.25, 0.3) is 0 Å². The molecule has 0 radical (unpaired) electrons. The van der Waals surface area contributed by atoms with E-state index in [1.54, 1.807) is 12.4 Å². The Morgan fingerprint density at radius 1 is 1.24 bits per heavy atom. The fraction of sp³-hybridized carbons (Fsp3) is 0.500. The molecule has 2 bridgehead atoms. The highest BCUT2D eigenvalue weighted by Crippen LogP contribution is 2.58. The van der Waals surface area contributed by atoms with E-state index >= 15 is 0 Å². The van der Waals surface area contributed by atoms with E-state index in [1.807, 2.05) is 38.1 Å². The van der Waals surface area contributed by atoms with Crippen LogP contribution in [-0.4, -0.2) is 34.5 Å². The van der Waals surface area contributed by atoms with Crippen molar-refractivity contribution in [3.8, 4) is 11.8 Å². The van der Waals surface area contributed by atoms with Crippen molar-refractivity contribution in [2.45, 2.75) is 38.6 Å². The van der Waals surface area contributed by atoms with E-state index < -0.39 is 5.54 Å². The summed E-state index contributed by atoms with van der Waals surface area (Å²) in [6, 6.07) is 7.37. The molecule has 0 saturated heterocycles. The Hall–Kier alpha value is -2.83. The number of Topliss-reactive ketones (excluding diaryl/α,β-unsaturated/α-hetero) is 1. The zero-order valence-electron chi connectivity index (χ0n) is 16.8. The molecule has 0 amide bonds. The van der Waals surface area contributed by atoms with Crippen molar-refractivity contribution < 1.29 is 14.3 Å². The van der Waals surface area contributed by atoms with Crippen molar-refractivity contribution in [2.24, 2.45) is 22.9 Å². The van der Waals surface area contributed by atoms with Gasteiger partial charge in [-0.15, -0.1) is 0 Å². The van der Waals surface area contributed by atoms with Crippen LogP contribution in [-0.2, 0) is 0 Å². The van der Waals surface area contributed by atoms with Crippen LogP contribution in [0.25, 0.3) is 0 Å². The molecular formula is C22H26N4O3. The monoisotopic (exact) mass is 394 g/mol. The van der Waals surface area contributed by atoms with E-state index in [-0.39, 0.29) is 23.5 Å². The van der Waals surface area contributed by atoms with Crippen molar-refractivity contribution in [1.29, 1.82) is 5.53 Å². The smallest absolute Gasteiger partial charge is 0.224 e. The van der Waals surface area contributed by atoms with Gasteiger partial charge in [0, 0.05) is 18.5 Å². The molecule has 1 N–H and O–H groups in total. The first-order chi connectivity index (χ1) is 14.1. The van der Waals surface area contributed by atoms with Crippen molar-refractivity contribution in [1.82, 2.24) is 9.97 Å². The summed E-state index contributed by atoms with van der Waals surface area (Å²) in [6.07, 6.45) is 5.95. The minimum absolute atomic E-state index is 0.0182. The van der Waals surface area contributed by atoms with E-state index in [4.69, 9.17) is 15.0 Å². The van der Waals surface area contributed by atoms with Crippen molar-refractivity contribution >= 4 is 5.78 Å². The minimum Gasteiger partial charge on any atom is -0.477 e. The van der Waals surface area contributed by atoms with Crippen LogP contribution >= 0.6 is 0 Å². The number of rotatable bonds is 8. The third kappa shape index (κ3) is 3.18. The summed E-state index contributed by atoms with van der Waals surface area (Å²) < 4.78 is 11.5. The normalized spacial score (nSPS) is 27.6. The Balaban J connectivity index is 1.62. The molecule has 4 unspecified atom stereocenters. The lowest BCUT2D eigenvalue weighted by Crippen LogP contribution is -2.43. The zero-order valence-corrected chi connectivity index (χ0v) is 16.8. The Labute approximate surface area is 170 Å². The summed E-state index contributed by atoms with van der Waals surface area (Å²) in [6.45, 7) is 4.66. The fourth-order valence-corrected chi connectivity index (χ4v) is 5.19. The molecule has 7 nitrogen and oxygen atoms in total. The third-order valence-electron chi connectivity index (χ3n) is 6.43. The van der Waals surface area contributed by atoms with E-state index in [0.717, 1.165) is 24.8 Å². The van der Waals surface area contributed by atoms with Gasteiger partial charge in [-0.05, 0) is 68.6 Å². The second-order valence-electron chi connectivity index (χ2n) is 7.86. The van der Waals surface area contributed by atoms with E-state index in [2.05, 4.69) is 15.1 Å². The molecule has 4 atom stereocenters. The SMILES string of the molecule is CCOc1nccc(C)c1C(=O)C1(N=N)C2CCC1C(COc1ccccn1)C2. The number of carbonyl (C=O) groups is 1. The maximum atomic E-state index is 13.8. The average molecular weight is 394 g/mol. The molecule has 0 aliphatic heterocycles.